The Morgan fingerprint density at radius 1 is 1.00 bits per heavy atom. The van der Waals surface area contributed by atoms with E-state index in [0.29, 0.717) is 0 Å². The zero-order valence-electron chi connectivity index (χ0n) is 10.5. The van der Waals surface area contributed by atoms with Crippen LogP contribution in [0.1, 0.15) is 33.1 Å². The molecular weight excluding hydrogens is 212 g/mol. The van der Waals surface area contributed by atoms with Gasteiger partial charge in [0.05, 0.1) is 0 Å². The summed E-state index contributed by atoms with van der Waals surface area (Å²) in [5.41, 5.74) is -0.0657. The van der Waals surface area contributed by atoms with Gasteiger partial charge in [0, 0.05) is 27.9 Å². The summed E-state index contributed by atoms with van der Waals surface area (Å²) in [4.78, 5) is 0. The molecule has 0 aliphatic carbocycles. The van der Waals surface area contributed by atoms with Gasteiger partial charge < -0.3 is 18.0 Å². The minimum atomic E-state index is -2.62. The van der Waals surface area contributed by atoms with Gasteiger partial charge in [-0.1, -0.05) is 20.3 Å². The van der Waals surface area contributed by atoms with Gasteiger partial charge in [-0.25, -0.2) is 0 Å². The summed E-state index contributed by atoms with van der Waals surface area (Å²) in [5, 5.41) is 0. The van der Waals surface area contributed by atoms with Crippen LogP contribution in [0.5, 0.6) is 0 Å². The third kappa shape index (κ3) is 4.20. The lowest BCUT2D eigenvalue weighted by Crippen LogP contribution is -2.55. The number of ether oxygens (including phenoxy) is 1. The predicted octanol–water partition coefficient (Wildman–Crippen LogP) is 2.00. The van der Waals surface area contributed by atoms with Crippen LogP contribution in [0.25, 0.3) is 0 Å². The molecule has 0 aliphatic rings. The highest BCUT2D eigenvalue weighted by Crippen LogP contribution is 2.18. The zero-order chi connectivity index (χ0) is 11.7. The SMILES string of the molecule is CCCCOC(CC)[Si](OC)(OC)OC. The topological polar surface area (TPSA) is 36.9 Å². The molecule has 92 valence electrons. The lowest BCUT2D eigenvalue weighted by atomic mass is 10.4. The van der Waals surface area contributed by atoms with E-state index < -0.39 is 8.80 Å². The third-order valence-electron chi connectivity index (χ3n) is 2.44. The fraction of sp³-hybridized carbons (Fsp3) is 1.00. The van der Waals surface area contributed by atoms with Crippen molar-refractivity contribution >= 4 is 8.80 Å². The first kappa shape index (κ1) is 15.1. The van der Waals surface area contributed by atoms with E-state index in [4.69, 9.17) is 18.0 Å². The van der Waals surface area contributed by atoms with E-state index in [1.807, 2.05) is 0 Å². The average molecular weight is 236 g/mol. The highest BCUT2D eigenvalue weighted by atomic mass is 28.4. The molecule has 0 heterocycles. The molecule has 0 radical (unpaired) electrons. The molecule has 15 heavy (non-hydrogen) atoms. The van der Waals surface area contributed by atoms with Crippen molar-refractivity contribution in [3.05, 3.63) is 0 Å². The van der Waals surface area contributed by atoms with Crippen LogP contribution in [-0.2, 0) is 18.0 Å². The Balaban J connectivity index is 4.31. The van der Waals surface area contributed by atoms with Crippen LogP contribution in [0.15, 0.2) is 0 Å². The van der Waals surface area contributed by atoms with Crippen LogP contribution in [0.2, 0.25) is 0 Å². The maximum Gasteiger partial charge on any atom is 0.530 e. The van der Waals surface area contributed by atoms with E-state index in [0.717, 1.165) is 25.9 Å². The molecule has 0 aromatic heterocycles. The van der Waals surface area contributed by atoms with Crippen LogP contribution in [0.4, 0.5) is 0 Å². The first-order valence-electron chi connectivity index (χ1n) is 5.47. The molecule has 0 spiro atoms. The second-order valence-corrected chi connectivity index (χ2v) is 6.41. The van der Waals surface area contributed by atoms with Crippen molar-refractivity contribution in [2.75, 3.05) is 27.9 Å². The molecule has 0 amide bonds. The Morgan fingerprint density at radius 2 is 1.53 bits per heavy atom. The van der Waals surface area contributed by atoms with Gasteiger partial charge in [-0.15, -0.1) is 0 Å². The Morgan fingerprint density at radius 3 is 1.87 bits per heavy atom. The van der Waals surface area contributed by atoms with Gasteiger partial charge in [-0.3, -0.25) is 0 Å². The first-order chi connectivity index (χ1) is 7.20. The van der Waals surface area contributed by atoms with Gasteiger partial charge in [0.2, 0.25) is 0 Å². The molecule has 0 saturated heterocycles. The highest BCUT2D eigenvalue weighted by molar-refractivity contribution is 6.62. The van der Waals surface area contributed by atoms with Crippen LogP contribution in [0, 0.1) is 0 Å². The highest BCUT2D eigenvalue weighted by Gasteiger charge is 2.47. The molecule has 0 fully saturated rings. The normalized spacial score (nSPS) is 14.2. The summed E-state index contributed by atoms with van der Waals surface area (Å²) in [6, 6.07) is 0. The fourth-order valence-corrected chi connectivity index (χ4v) is 3.59. The summed E-state index contributed by atoms with van der Waals surface area (Å²) in [5.74, 6) is 0. The quantitative estimate of drug-likeness (QED) is 0.453. The molecule has 4 nitrogen and oxygen atoms in total. The van der Waals surface area contributed by atoms with Crippen LogP contribution in [-0.4, -0.2) is 42.5 Å². The predicted molar refractivity (Wildman–Crippen MR) is 61.7 cm³/mol. The van der Waals surface area contributed by atoms with E-state index in [2.05, 4.69) is 13.8 Å². The van der Waals surface area contributed by atoms with E-state index in [1.54, 1.807) is 21.3 Å². The van der Waals surface area contributed by atoms with E-state index in [1.165, 1.54) is 0 Å². The van der Waals surface area contributed by atoms with Crippen molar-refractivity contribution < 1.29 is 18.0 Å². The molecule has 0 N–H and O–H groups in total. The Bertz CT molecular complexity index is 142. The smallest absolute Gasteiger partial charge is 0.375 e. The largest absolute Gasteiger partial charge is 0.530 e. The van der Waals surface area contributed by atoms with E-state index in [-0.39, 0.29) is 5.73 Å². The summed E-state index contributed by atoms with van der Waals surface area (Å²) in [6.07, 6.45) is 3.02. The summed E-state index contributed by atoms with van der Waals surface area (Å²) >= 11 is 0. The summed E-state index contributed by atoms with van der Waals surface area (Å²) in [6.45, 7) is 4.92. The van der Waals surface area contributed by atoms with Crippen molar-refractivity contribution in [3.8, 4) is 0 Å². The number of hydrogen-bond donors (Lipinski definition) is 0. The third-order valence-corrected chi connectivity index (χ3v) is 5.51. The number of unbranched alkanes of at least 4 members (excludes halogenated alkanes) is 1. The van der Waals surface area contributed by atoms with Crippen molar-refractivity contribution in [1.29, 1.82) is 0 Å². The molecule has 0 aromatic carbocycles. The molecule has 5 heteroatoms. The first-order valence-corrected chi connectivity index (χ1v) is 7.27. The van der Waals surface area contributed by atoms with Crippen molar-refractivity contribution in [1.82, 2.24) is 0 Å². The summed E-state index contributed by atoms with van der Waals surface area (Å²) in [7, 11) is 2.23. The number of hydrogen-bond acceptors (Lipinski definition) is 4. The van der Waals surface area contributed by atoms with Gasteiger partial charge in [-0.05, 0) is 12.8 Å². The molecule has 0 bridgehead atoms. The maximum absolute atomic E-state index is 5.76. The minimum absolute atomic E-state index is 0.0657. The second kappa shape index (κ2) is 8.24. The van der Waals surface area contributed by atoms with Crippen molar-refractivity contribution in [2.45, 2.75) is 38.8 Å². The monoisotopic (exact) mass is 236 g/mol. The second-order valence-electron chi connectivity index (χ2n) is 3.34. The molecule has 0 rings (SSSR count). The Labute approximate surface area is 94.2 Å². The lowest BCUT2D eigenvalue weighted by Gasteiger charge is -2.31. The summed E-state index contributed by atoms with van der Waals surface area (Å²) < 4.78 is 21.9. The van der Waals surface area contributed by atoms with Crippen LogP contribution in [0.3, 0.4) is 0 Å². The molecule has 1 unspecified atom stereocenters. The number of rotatable bonds is 9. The van der Waals surface area contributed by atoms with Gasteiger partial charge in [0.15, 0.2) is 0 Å². The van der Waals surface area contributed by atoms with Gasteiger partial charge in [0.1, 0.15) is 5.73 Å². The van der Waals surface area contributed by atoms with Gasteiger partial charge >= 0.3 is 8.80 Å². The average Bonchev–Trinajstić information content (AvgIpc) is 2.29. The molecular formula is C10H24O4Si. The fourth-order valence-electron chi connectivity index (χ4n) is 1.48. The molecule has 0 aromatic rings. The lowest BCUT2D eigenvalue weighted by molar-refractivity contribution is 0.0106. The van der Waals surface area contributed by atoms with E-state index >= 15 is 0 Å². The standard InChI is InChI=1S/C10H24O4Si/c1-6-8-9-14-10(7-2)15(11-3,12-4)13-5/h10H,6-9H2,1-5H3. The van der Waals surface area contributed by atoms with E-state index in [9.17, 15) is 0 Å². The molecule has 0 aliphatic heterocycles. The van der Waals surface area contributed by atoms with Crippen LogP contribution < -0.4 is 0 Å². The van der Waals surface area contributed by atoms with Gasteiger partial charge in [0.25, 0.3) is 0 Å². The Hall–Kier alpha value is 0.0569. The molecule has 0 saturated carbocycles. The van der Waals surface area contributed by atoms with Crippen molar-refractivity contribution in [3.63, 3.8) is 0 Å². The minimum Gasteiger partial charge on any atom is -0.375 e. The zero-order valence-corrected chi connectivity index (χ0v) is 11.5. The van der Waals surface area contributed by atoms with Gasteiger partial charge in [-0.2, -0.15) is 0 Å². The van der Waals surface area contributed by atoms with Crippen molar-refractivity contribution in [2.24, 2.45) is 0 Å². The molecule has 1 atom stereocenters. The Kier molecular flexibility index (Phi) is 8.27. The maximum atomic E-state index is 5.76. The van der Waals surface area contributed by atoms with Crippen LogP contribution >= 0.6 is 0 Å².